The number of carbonyl (C=O) groups excluding carboxylic acids is 1. The minimum absolute atomic E-state index is 0.0826. The van der Waals surface area contributed by atoms with Crippen LogP contribution in [0, 0.1) is 0 Å². The molecule has 0 N–H and O–H groups in total. The number of carbonyl (C=O) groups is 1. The first-order chi connectivity index (χ1) is 9.22. The summed E-state index contributed by atoms with van der Waals surface area (Å²) in [6.45, 7) is 2.31. The van der Waals surface area contributed by atoms with Gasteiger partial charge in [0.1, 0.15) is 0 Å². The van der Waals surface area contributed by atoms with Gasteiger partial charge in [-0.15, -0.1) is 0 Å². The first kappa shape index (κ1) is 15.9. The van der Waals surface area contributed by atoms with Crippen molar-refractivity contribution in [3.05, 3.63) is 23.2 Å². The van der Waals surface area contributed by atoms with Crippen LogP contribution >= 0.6 is 11.6 Å². The van der Waals surface area contributed by atoms with Gasteiger partial charge >= 0.3 is 5.97 Å². The molecule has 0 aromatic carbocycles. The highest BCUT2D eigenvalue weighted by Gasteiger charge is 2.01. The number of hydrogen-bond donors (Lipinski definition) is 0. The molecule has 0 aliphatic carbocycles. The third-order valence-electron chi connectivity index (χ3n) is 2.83. The van der Waals surface area contributed by atoms with Gasteiger partial charge < -0.3 is 4.74 Å². The number of halogens is 1. The summed E-state index contributed by atoms with van der Waals surface area (Å²) in [5.74, 6) is -0.0826. The highest BCUT2D eigenvalue weighted by Crippen LogP contribution is 2.10. The molecule has 106 valence electrons. The Morgan fingerprint density at radius 1 is 1.16 bits per heavy atom. The molecule has 0 aliphatic rings. The number of unbranched alkanes of at least 4 members (excludes halogenated alkanes) is 4. The average molecular weight is 285 g/mol. The minimum atomic E-state index is -0.0826. The number of nitrogens with zero attached hydrogens (tertiary/aromatic N) is 2. The summed E-state index contributed by atoms with van der Waals surface area (Å²) in [5.41, 5.74) is 1.12. The molecule has 0 saturated carbocycles. The predicted molar refractivity (Wildman–Crippen MR) is 75.1 cm³/mol. The van der Waals surface area contributed by atoms with Crippen molar-refractivity contribution in [2.75, 3.05) is 6.61 Å². The molecule has 5 heteroatoms. The SMILES string of the molecule is CCOC(=O)CCCCCCCc1cnc(Cl)nc1. The lowest BCUT2D eigenvalue weighted by atomic mass is 10.1. The maximum atomic E-state index is 11.1. The van der Waals surface area contributed by atoms with E-state index in [0.717, 1.165) is 44.1 Å². The summed E-state index contributed by atoms with van der Waals surface area (Å²) in [6, 6.07) is 0. The zero-order valence-corrected chi connectivity index (χ0v) is 12.2. The molecule has 0 amide bonds. The zero-order valence-electron chi connectivity index (χ0n) is 11.4. The Labute approximate surface area is 119 Å². The smallest absolute Gasteiger partial charge is 0.305 e. The van der Waals surface area contributed by atoms with E-state index in [9.17, 15) is 4.79 Å². The number of aryl methyl sites for hydroxylation is 1. The molecule has 0 saturated heterocycles. The van der Waals surface area contributed by atoms with Crippen molar-refractivity contribution < 1.29 is 9.53 Å². The summed E-state index contributed by atoms with van der Waals surface area (Å²) in [7, 11) is 0. The number of hydrogen-bond acceptors (Lipinski definition) is 4. The third kappa shape index (κ3) is 7.78. The molecule has 1 aromatic rings. The van der Waals surface area contributed by atoms with Crippen LogP contribution in [0.5, 0.6) is 0 Å². The second kappa shape index (κ2) is 9.73. The molecule has 19 heavy (non-hydrogen) atoms. The van der Waals surface area contributed by atoms with Gasteiger partial charge in [0.05, 0.1) is 6.61 Å². The van der Waals surface area contributed by atoms with Crippen molar-refractivity contribution >= 4 is 17.6 Å². The quantitative estimate of drug-likeness (QED) is 0.395. The van der Waals surface area contributed by atoms with Crippen LogP contribution in [0.4, 0.5) is 0 Å². The fraction of sp³-hybridized carbons (Fsp3) is 0.643. The summed E-state index contributed by atoms with van der Waals surface area (Å²) >= 11 is 5.62. The fourth-order valence-corrected chi connectivity index (χ4v) is 1.93. The van der Waals surface area contributed by atoms with E-state index in [1.807, 2.05) is 6.92 Å². The topological polar surface area (TPSA) is 52.1 Å². The molecular formula is C14H21ClN2O2. The van der Waals surface area contributed by atoms with Crippen LogP contribution < -0.4 is 0 Å². The maximum absolute atomic E-state index is 11.1. The van der Waals surface area contributed by atoms with E-state index in [0.29, 0.717) is 18.3 Å². The van der Waals surface area contributed by atoms with E-state index in [4.69, 9.17) is 16.3 Å². The van der Waals surface area contributed by atoms with Gasteiger partial charge in [-0.3, -0.25) is 4.79 Å². The normalized spacial score (nSPS) is 10.4. The molecule has 4 nitrogen and oxygen atoms in total. The first-order valence-electron chi connectivity index (χ1n) is 6.84. The van der Waals surface area contributed by atoms with Gasteiger partial charge in [-0.25, -0.2) is 9.97 Å². The van der Waals surface area contributed by atoms with Gasteiger partial charge in [-0.05, 0) is 43.4 Å². The lowest BCUT2D eigenvalue weighted by Gasteiger charge is -2.03. The monoisotopic (exact) mass is 284 g/mol. The maximum Gasteiger partial charge on any atom is 0.305 e. The summed E-state index contributed by atoms with van der Waals surface area (Å²) in [4.78, 5) is 19.0. The van der Waals surface area contributed by atoms with Gasteiger partial charge in [0.25, 0.3) is 0 Å². The Morgan fingerprint density at radius 3 is 2.47 bits per heavy atom. The van der Waals surface area contributed by atoms with Crippen molar-refractivity contribution in [1.29, 1.82) is 0 Å². The lowest BCUT2D eigenvalue weighted by Crippen LogP contribution is -2.03. The third-order valence-corrected chi connectivity index (χ3v) is 3.02. The van der Waals surface area contributed by atoms with Crippen LogP contribution in [0.3, 0.4) is 0 Å². The second-order valence-corrected chi connectivity index (χ2v) is 4.77. The molecule has 0 unspecified atom stereocenters. The Kier molecular flexibility index (Phi) is 8.14. The molecule has 0 fully saturated rings. The number of rotatable bonds is 9. The summed E-state index contributed by atoms with van der Waals surface area (Å²) in [5, 5.41) is 0.294. The minimum Gasteiger partial charge on any atom is -0.466 e. The standard InChI is InChI=1S/C14H21ClN2O2/c1-2-19-13(18)9-7-5-3-4-6-8-12-10-16-14(15)17-11-12/h10-11H,2-9H2,1H3. The van der Waals surface area contributed by atoms with E-state index >= 15 is 0 Å². The van der Waals surface area contributed by atoms with Crippen LogP contribution in [0.15, 0.2) is 12.4 Å². The van der Waals surface area contributed by atoms with Gasteiger partial charge in [0.15, 0.2) is 0 Å². The van der Waals surface area contributed by atoms with Crippen molar-refractivity contribution in [2.24, 2.45) is 0 Å². The van der Waals surface area contributed by atoms with Crippen LogP contribution in [-0.2, 0) is 16.0 Å². The molecule has 1 rings (SSSR count). The molecular weight excluding hydrogens is 264 g/mol. The lowest BCUT2D eigenvalue weighted by molar-refractivity contribution is -0.143. The zero-order chi connectivity index (χ0) is 13.9. The van der Waals surface area contributed by atoms with Crippen LogP contribution in [-0.4, -0.2) is 22.5 Å². The summed E-state index contributed by atoms with van der Waals surface area (Å²) < 4.78 is 4.87. The van der Waals surface area contributed by atoms with Gasteiger partial charge in [0, 0.05) is 18.8 Å². The largest absolute Gasteiger partial charge is 0.466 e. The molecule has 0 bridgehead atoms. The van der Waals surface area contributed by atoms with E-state index in [1.165, 1.54) is 0 Å². The fourth-order valence-electron chi connectivity index (χ4n) is 1.83. The number of aromatic nitrogens is 2. The van der Waals surface area contributed by atoms with Crippen molar-refractivity contribution in [3.63, 3.8) is 0 Å². The Hall–Kier alpha value is -1.16. The molecule has 1 heterocycles. The van der Waals surface area contributed by atoms with Crippen molar-refractivity contribution in [2.45, 2.75) is 51.9 Å². The second-order valence-electron chi connectivity index (χ2n) is 4.43. The Bertz CT molecular complexity index is 368. The number of esters is 1. The molecule has 0 aliphatic heterocycles. The van der Waals surface area contributed by atoms with Crippen LogP contribution in [0.2, 0.25) is 5.28 Å². The van der Waals surface area contributed by atoms with Gasteiger partial charge in [0.2, 0.25) is 5.28 Å². The van der Waals surface area contributed by atoms with Crippen LogP contribution in [0.25, 0.3) is 0 Å². The Morgan fingerprint density at radius 2 is 1.79 bits per heavy atom. The van der Waals surface area contributed by atoms with Gasteiger partial charge in [-0.1, -0.05) is 19.3 Å². The highest BCUT2D eigenvalue weighted by atomic mass is 35.5. The number of ether oxygens (including phenoxy) is 1. The van der Waals surface area contributed by atoms with Crippen molar-refractivity contribution in [3.8, 4) is 0 Å². The van der Waals surface area contributed by atoms with E-state index in [-0.39, 0.29) is 5.97 Å². The van der Waals surface area contributed by atoms with E-state index in [2.05, 4.69) is 9.97 Å². The molecule has 0 radical (unpaired) electrons. The van der Waals surface area contributed by atoms with Gasteiger partial charge in [-0.2, -0.15) is 0 Å². The average Bonchev–Trinajstić information content (AvgIpc) is 2.40. The van der Waals surface area contributed by atoms with E-state index < -0.39 is 0 Å². The first-order valence-corrected chi connectivity index (χ1v) is 7.22. The van der Waals surface area contributed by atoms with E-state index in [1.54, 1.807) is 12.4 Å². The molecule has 1 aromatic heterocycles. The molecule has 0 spiro atoms. The van der Waals surface area contributed by atoms with Crippen LogP contribution in [0.1, 0.15) is 51.0 Å². The van der Waals surface area contributed by atoms with Crippen molar-refractivity contribution in [1.82, 2.24) is 9.97 Å². The molecule has 0 atom stereocenters. The Balaban J connectivity index is 1.96. The highest BCUT2D eigenvalue weighted by molar-refractivity contribution is 6.28. The predicted octanol–water partition coefficient (Wildman–Crippen LogP) is 3.58. The summed E-state index contributed by atoms with van der Waals surface area (Å²) in [6.07, 6.45) is 10.5.